The highest BCUT2D eigenvalue weighted by Crippen LogP contribution is 2.24. The Morgan fingerprint density at radius 1 is 1.04 bits per heavy atom. The van der Waals surface area contributed by atoms with Crippen LogP contribution in [0, 0.1) is 0 Å². The molecule has 0 spiro atoms. The SMILES string of the molecule is CN(Cc1ccccc1)C(=O)c1cncc(N2CCc3ccccc3C2)c1. The highest BCUT2D eigenvalue weighted by molar-refractivity contribution is 5.94. The summed E-state index contributed by atoms with van der Waals surface area (Å²) in [7, 11) is 1.83. The summed E-state index contributed by atoms with van der Waals surface area (Å²) in [6.07, 6.45) is 4.52. The van der Waals surface area contributed by atoms with Gasteiger partial charge < -0.3 is 9.80 Å². The second-order valence-corrected chi connectivity index (χ2v) is 7.02. The maximum atomic E-state index is 12.8. The first kappa shape index (κ1) is 17.3. The maximum Gasteiger partial charge on any atom is 0.255 e. The van der Waals surface area contributed by atoms with Gasteiger partial charge >= 0.3 is 0 Å². The normalized spacial score (nSPS) is 13.1. The van der Waals surface area contributed by atoms with Crippen LogP contribution < -0.4 is 4.90 Å². The molecule has 1 aromatic heterocycles. The molecule has 0 N–H and O–H groups in total. The summed E-state index contributed by atoms with van der Waals surface area (Å²) in [4.78, 5) is 21.2. The van der Waals surface area contributed by atoms with Crippen LogP contribution in [0.2, 0.25) is 0 Å². The van der Waals surface area contributed by atoms with Crippen molar-refractivity contribution in [1.82, 2.24) is 9.88 Å². The van der Waals surface area contributed by atoms with Crippen LogP contribution in [0.15, 0.2) is 73.1 Å². The quantitative estimate of drug-likeness (QED) is 0.710. The van der Waals surface area contributed by atoms with Gasteiger partial charge in [-0.1, -0.05) is 54.6 Å². The summed E-state index contributed by atoms with van der Waals surface area (Å²) in [6, 6.07) is 20.5. The van der Waals surface area contributed by atoms with E-state index in [1.165, 1.54) is 11.1 Å². The largest absolute Gasteiger partial charge is 0.366 e. The molecule has 2 heterocycles. The van der Waals surface area contributed by atoms with Crippen molar-refractivity contribution in [3.8, 4) is 0 Å². The van der Waals surface area contributed by atoms with Gasteiger partial charge in [0.05, 0.1) is 17.4 Å². The summed E-state index contributed by atoms with van der Waals surface area (Å²) < 4.78 is 0. The van der Waals surface area contributed by atoms with E-state index >= 15 is 0 Å². The molecule has 1 aliphatic heterocycles. The molecule has 0 aliphatic carbocycles. The number of amides is 1. The van der Waals surface area contributed by atoms with Gasteiger partial charge in [0.25, 0.3) is 5.91 Å². The van der Waals surface area contributed by atoms with E-state index in [2.05, 4.69) is 34.1 Å². The lowest BCUT2D eigenvalue weighted by Crippen LogP contribution is -2.31. The van der Waals surface area contributed by atoms with Gasteiger partial charge in [-0.05, 0) is 29.2 Å². The highest BCUT2D eigenvalue weighted by atomic mass is 16.2. The first-order valence-electron chi connectivity index (χ1n) is 9.27. The zero-order valence-electron chi connectivity index (χ0n) is 15.5. The van der Waals surface area contributed by atoms with Crippen molar-refractivity contribution < 1.29 is 4.79 Å². The number of nitrogens with zero attached hydrogens (tertiary/aromatic N) is 3. The minimum atomic E-state index is -0.00869. The number of rotatable bonds is 4. The predicted molar refractivity (Wildman–Crippen MR) is 108 cm³/mol. The summed E-state index contributed by atoms with van der Waals surface area (Å²) in [5.41, 5.74) is 5.51. The van der Waals surface area contributed by atoms with Crippen LogP contribution in [-0.2, 0) is 19.5 Å². The Labute approximate surface area is 160 Å². The Hall–Kier alpha value is -3.14. The molecule has 2 aromatic carbocycles. The molecule has 1 amide bonds. The van der Waals surface area contributed by atoms with E-state index in [0.717, 1.165) is 30.8 Å². The lowest BCUT2D eigenvalue weighted by atomic mass is 9.99. The van der Waals surface area contributed by atoms with E-state index in [9.17, 15) is 4.79 Å². The van der Waals surface area contributed by atoms with Crippen molar-refractivity contribution in [2.75, 3.05) is 18.5 Å². The summed E-state index contributed by atoms with van der Waals surface area (Å²) in [5, 5.41) is 0. The molecular formula is C23H23N3O. The number of fused-ring (bicyclic) bond motifs is 1. The summed E-state index contributed by atoms with van der Waals surface area (Å²) in [6.45, 7) is 2.38. The number of hydrogen-bond acceptors (Lipinski definition) is 3. The standard InChI is InChI=1S/C23H23N3O/c1-25(16-18-7-3-2-4-8-18)23(27)21-13-22(15-24-14-21)26-12-11-19-9-5-6-10-20(19)17-26/h2-10,13-15H,11-12,16-17H2,1H3. The number of hydrogen-bond donors (Lipinski definition) is 0. The van der Waals surface area contributed by atoms with Gasteiger partial charge in [0.1, 0.15) is 0 Å². The molecule has 0 radical (unpaired) electrons. The van der Waals surface area contributed by atoms with Crippen molar-refractivity contribution in [3.63, 3.8) is 0 Å². The van der Waals surface area contributed by atoms with E-state index in [1.54, 1.807) is 11.1 Å². The third-order valence-electron chi connectivity index (χ3n) is 5.08. The number of carbonyl (C=O) groups is 1. The lowest BCUT2D eigenvalue weighted by Gasteiger charge is -2.30. The topological polar surface area (TPSA) is 36.4 Å². The van der Waals surface area contributed by atoms with Crippen LogP contribution in [0.25, 0.3) is 0 Å². The first-order chi connectivity index (χ1) is 13.2. The summed E-state index contributed by atoms with van der Waals surface area (Å²) >= 11 is 0. The fourth-order valence-corrected chi connectivity index (χ4v) is 3.58. The van der Waals surface area contributed by atoms with Gasteiger partial charge in [-0.2, -0.15) is 0 Å². The fourth-order valence-electron chi connectivity index (χ4n) is 3.58. The number of anilines is 1. The van der Waals surface area contributed by atoms with Gasteiger partial charge in [0.15, 0.2) is 0 Å². The Balaban J connectivity index is 1.50. The van der Waals surface area contributed by atoms with E-state index in [0.29, 0.717) is 12.1 Å². The Kier molecular flexibility index (Phi) is 4.88. The second-order valence-electron chi connectivity index (χ2n) is 7.02. The monoisotopic (exact) mass is 357 g/mol. The van der Waals surface area contributed by atoms with Crippen LogP contribution in [0.1, 0.15) is 27.0 Å². The Morgan fingerprint density at radius 3 is 2.59 bits per heavy atom. The second kappa shape index (κ2) is 7.62. The molecule has 4 nitrogen and oxygen atoms in total. The predicted octanol–water partition coefficient (Wildman–Crippen LogP) is 3.92. The van der Waals surface area contributed by atoms with Crippen molar-refractivity contribution in [2.45, 2.75) is 19.5 Å². The third kappa shape index (κ3) is 3.85. The van der Waals surface area contributed by atoms with Crippen molar-refractivity contribution in [2.24, 2.45) is 0 Å². The molecular weight excluding hydrogens is 334 g/mol. The minimum Gasteiger partial charge on any atom is -0.366 e. The van der Waals surface area contributed by atoms with Crippen molar-refractivity contribution in [3.05, 3.63) is 95.3 Å². The molecule has 0 bridgehead atoms. The van der Waals surface area contributed by atoms with E-state index < -0.39 is 0 Å². The molecule has 4 heteroatoms. The van der Waals surface area contributed by atoms with Gasteiger partial charge in [0.2, 0.25) is 0 Å². The zero-order chi connectivity index (χ0) is 18.6. The lowest BCUT2D eigenvalue weighted by molar-refractivity contribution is 0.0784. The smallest absolute Gasteiger partial charge is 0.255 e. The molecule has 136 valence electrons. The van der Waals surface area contributed by atoms with Gasteiger partial charge in [-0.15, -0.1) is 0 Å². The molecule has 0 atom stereocenters. The number of carbonyl (C=O) groups excluding carboxylic acids is 1. The molecule has 0 unspecified atom stereocenters. The third-order valence-corrected chi connectivity index (χ3v) is 5.08. The first-order valence-corrected chi connectivity index (χ1v) is 9.27. The van der Waals surface area contributed by atoms with E-state index in [4.69, 9.17) is 0 Å². The Bertz CT molecular complexity index is 939. The molecule has 0 fully saturated rings. The summed E-state index contributed by atoms with van der Waals surface area (Å²) in [5.74, 6) is -0.00869. The van der Waals surface area contributed by atoms with Crippen LogP contribution in [-0.4, -0.2) is 29.4 Å². The number of aromatic nitrogens is 1. The van der Waals surface area contributed by atoms with E-state index in [-0.39, 0.29) is 5.91 Å². The average molecular weight is 357 g/mol. The van der Waals surface area contributed by atoms with Crippen LogP contribution in [0.4, 0.5) is 5.69 Å². The molecule has 27 heavy (non-hydrogen) atoms. The van der Waals surface area contributed by atoms with Crippen LogP contribution in [0.5, 0.6) is 0 Å². The number of benzene rings is 2. The highest BCUT2D eigenvalue weighted by Gasteiger charge is 2.19. The molecule has 3 aromatic rings. The van der Waals surface area contributed by atoms with Crippen molar-refractivity contribution in [1.29, 1.82) is 0 Å². The minimum absolute atomic E-state index is 0.00869. The molecule has 1 aliphatic rings. The zero-order valence-corrected chi connectivity index (χ0v) is 15.5. The molecule has 4 rings (SSSR count). The van der Waals surface area contributed by atoms with Crippen LogP contribution >= 0.6 is 0 Å². The van der Waals surface area contributed by atoms with E-state index in [1.807, 2.05) is 49.6 Å². The van der Waals surface area contributed by atoms with Crippen LogP contribution in [0.3, 0.4) is 0 Å². The maximum absolute atomic E-state index is 12.8. The molecule has 0 saturated carbocycles. The fraction of sp³-hybridized carbons (Fsp3) is 0.217. The Morgan fingerprint density at radius 2 is 1.78 bits per heavy atom. The van der Waals surface area contributed by atoms with Gasteiger partial charge in [0, 0.05) is 32.9 Å². The number of pyridine rings is 1. The average Bonchev–Trinajstić information content (AvgIpc) is 2.73. The molecule has 0 saturated heterocycles. The van der Waals surface area contributed by atoms with Crippen molar-refractivity contribution >= 4 is 11.6 Å². The van der Waals surface area contributed by atoms with Gasteiger partial charge in [-0.25, -0.2) is 0 Å². The van der Waals surface area contributed by atoms with Gasteiger partial charge in [-0.3, -0.25) is 9.78 Å².